The summed E-state index contributed by atoms with van der Waals surface area (Å²) >= 11 is 0. The van der Waals surface area contributed by atoms with Crippen LogP contribution < -0.4 is 34.4 Å². The SMILES string of the molecule is NC1CC(N)CC(N)CC(N)CC(N)CC(N)C1. The molecule has 0 radical (unpaired) electrons. The maximum atomic E-state index is 6.05. The lowest BCUT2D eigenvalue weighted by Crippen LogP contribution is -2.45. The molecule has 0 heterocycles. The minimum atomic E-state index is 0.0301. The first-order valence-corrected chi connectivity index (χ1v) is 6.90. The summed E-state index contributed by atoms with van der Waals surface area (Å²) in [5.41, 5.74) is 36.3. The topological polar surface area (TPSA) is 156 Å². The van der Waals surface area contributed by atoms with Gasteiger partial charge in [0.2, 0.25) is 0 Å². The highest BCUT2D eigenvalue weighted by Crippen LogP contribution is 2.14. The van der Waals surface area contributed by atoms with Crippen LogP contribution in [0.1, 0.15) is 38.5 Å². The van der Waals surface area contributed by atoms with Crippen molar-refractivity contribution in [3.63, 3.8) is 0 Å². The van der Waals surface area contributed by atoms with E-state index in [-0.39, 0.29) is 36.3 Å². The summed E-state index contributed by atoms with van der Waals surface area (Å²) in [4.78, 5) is 0. The number of nitrogens with two attached hydrogens (primary N) is 6. The van der Waals surface area contributed by atoms with Crippen LogP contribution in [0.3, 0.4) is 0 Å². The lowest BCUT2D eigenvalue weighted by molar-refractivity contribution is 0.352. The fourth-order valence-electron chi connectivity index (χ4n) is 2.91. The minimum Gasteiger partial charge on any atom is -0.328 e. The molecule has 1 aliphatic carbocycles. The van der Waals surface area contributed by atoms with Crippen LogP contribution in [0.25, 0.3) is 0 Å². The van der Waals surface area contributed by atoms with Gasteiger partial charge in [-0.25, -0.2) is 0 Å². The molecule has 1 aliphatic rings. The number of rotatable bonds is 0. The van der Waals surface area contributed by atoms with E-state index in [0.29, 0.717) is 0 Å². The van der Waals surface area contributed by atoms with E-state index in [1.54, 1.807) is 0 Å². The summed E-state index contributed by atoms with van der Waals surface area (Å²) in [7, 11) is 0. The lowest BCUT2D eigenvalue weighted by atomic mass is 9.89. The Morgan fingerprint density at radius 2 is 0.444 bits per heavy atom. The van der Waals surface area contributed by atoms with Crippen molar-refractivity contribution >= 4 is 0 Å². The molecule has 0 saturated heterocycles. The fourth-order valence-corrected chi connectivity index (χ4v) is 2.91. The predicted octanol–water partition coefficient (Wildman–Crippen LogP) is -1.70. The maximum Gasteiger partial charge on any atom is 0.00683 e. The predicted molar refractivity (Wildman–Crippen MR) is 75.6 cm³/mol. The van der Waals surface area contributed by atoms with E-state index in [2.05, 4.69) is 0 Å². The maximum absolute atomic E-state index is 6.05. The van der Waals surface area contributed by atoms with Crippen LogP contribution in [0.4, 0.5) is 0 Å². The van der Waals surface area contributed by atoms with Gasteiger partial charge < -0.3 is 34.4 Å². The third kappa shape index (κ3) is 6.08. The normalized spacial score (nSPS) is 45.0. The molecule has 18 heavy (non-hydrogen) atoms. The third-order valence-corrected chi connectivity index (χ3v) is 3.63. The molecule has 0 unspecified atom stereocenters. The van der Waals surface area contributed by atoms with E-state index in [4.69, 9.17) is 34.4 Å². The zero-order valence-corrected chi connectivity index (χ0v) is 11.2. The van der Waals surface area contributed by atoms with Crippen LogP contribution in [0.15, 0.2) is 0 Å². The monoisotopic (exact) mass is 258 g/mol. The van der Waals surface area contributed by atoms with Gasteiger partial charge in [-0.3, -0.25) is 0 Å². The van der Waals surface area contributed by atoms with Crippen molar-refractivity contribution in [2.24, 2.45) is 34.4 Å². The van der Waals surface area contributed by atoms with Gasteiger partial charge in [0.05, 0.1) is 0 Å². The van der Waals surface area contributed by atoms with Crippen molar-refractivity contribution in [2.45, 2.75) is 74.8 Å². The van der Waals surface area contributed by atoms with Gasteiger partial charge >= 0.3 is 0 Å². The molecule has 0 amide bonds. The molecular formula is C12H30N6. The van der Waals surface area contributed by atoms with Crippen LogP contribution in [0.5, 0.6) is 0 Å². The van der Waals surface area contributed by atoms with Crippen molar-refractivity contribution in [2.75, 3.05) is 0 Å². The molecule has 0 aliphatic heterocycles. The first-order chi connectivity index (χ1) is 8.36. The molecular weight excluding hydrogens is 228 g/mol. The average Bonchev–Trinajstić information content (AvgIpc) is 2.12. The van der Waals surface area contributed by atoms with Crippen LogP contribution in [0, 0.1) is 0 Å². The zero-order chi connectivity index (χ0) is 13.7. The van der Waals surface area contributed by atoms with Crippen LogP contribution in [-0.4, -0.2) is 36.3 Å². The highest BCUT2D eigenvalue weighted by molar-refractivity contribution is 4.85. The molecule has 6 nitrogen and oxygen atoms in total. The molecule has 1 rings (SSSR count). The summed E-state index contributed by atoms with van der Waals surface area (Å²) in [5, 5.41) is 0. The van der Waals surface area contributed by atoms with E-state index in [9.17, 15) is 0 Å². The van der Waals surface area contributed by atoms with Crippen molar-refractivity contribution < 1.29 is 0 Å². The lowest BCUT2D eigenvalue weighted by Gasteiger charge is -2.28. The molecule has 1 fully saturated rings. The summed E-state index contributed by atoms with van der Waals surface area (Å²) in [6.07, 6.45) is 4.53. The minimum absolute atomic E-state index is 0.0301. The first kappa shape index (κ1) is 15.8. The van der Waals surface area contributed by atoms with E-state index in [0.717, 1.165) is 38.5 Å². The van der Waals surface area contributed by atoms with E-state index in [1.807, 2.05) is 0 Å². The third-order valence-electron chi connectivity index (χ3n) is 3.63. The highest BCUT2D eigenvalue weighted by atomic mass is 14.8. The van der Waals surface area contributed by atoms with Gasteiger partial charge in [0.1, 0.15) is 0 Å². The number of hydrogen-bond donors (Lipinski definition) is 6. The molecule has 6 heteroatoms. The van der Waals surface area contributed by atoms with E-state index >= 15 is 0 Å². The summed E-state index contributed by atoms with van der Waals surface area (Å²) in [5.74, 6) is 0. The fraction of sp³-hybridized carbons (Fsp3) is 1.00. The Morgan fingerprint density at radius 3 is 0.556 bits per heavy atom. The van der Waals surface area contributed by atoms with Crippen molar-refractivity contribution in [1.82, 2.24) is 0 Å². The van der Waals surface area contributed by atoms with Crippen LogP contribution >= 0.6 is 0 Å². The molecule has 0 bridgehead atoms. The van der Waals surface area contributed by atoms with Crippen molar-refractivity contribution in [3.05, 3.63) is 0 Å². The second-order valence-corrected chi connectivity index (χ2v) is 5.97. The van der Waals surface area contributed by atoms with Gasteiger partial charge in [-0.15, -0.1) is 0 Å². The Balaban J connectivity index is 2.60. The zero-order valence-electron chi connectivity index (χ0n) is 11.2. The Labute approximate surface area is 110 Å². The standard InChI is InChI=1S/C12H30N6/c13-7-1-8(14)3-10(16)5-12(18)6-11(17)4-9(15)2-7/h7-12H,1-6,13-18H2. The van der Waals surface area contributed by atoms with Crippen LogP contribution in [0.2, 0.25) is 0 Å². The molecule has 0 aromatic carbocycles. The molecule has 0 aromatic heterocycles. The second-order valence-electron chi connectivity index (χ2n) is 5.97. The molecule has 0 spiro atoms. The largest absolute Gasteiger partial charge is 0.328 e. The van der Waals surface area contributed by atoms with Crippen LogP contribution in [-0.2, 0) is 0 Å². The molecule has 1 saturated carbocycles. The Bertz CT molecular complexity index is 163. The molecule has 0 aromatic rings. The summed E-state index contributed by atoms with van der Waals surface area (Å²) in [6, 6.07) is 0.181. The second kappa shape index (κ2) is 7.37. The first-order valence-electron chi connectivity index (χ1n) is 6.90. The Morgan fingerprint density at radius 1 is 0.333 bits per heavy atom. The Kier molecular flexibility index (Phi) is 6.48. The highest BCUT2D eigenvalue weighted by Gasteiger charge is 2.21. The van der Waals surface area contributed by atoms with E-state index in [1.165, 1.54) is 0 Å². The van der Waals surface area contributed by atoms with Gasteiger partial charge in [-0.2, -0.15) is 0 Å². The van der Waals surface area contributed by atoms with Gasteiger partial charge in [0, 0.05) is 36.3 Å². The number of hydrogen-bond acceptors (Lipinski definition) is 6. The van der Waals surface area contributed by atoms with Gasteiger partial charge in [0.25, 0.3) is 0 Å². The van der Waals surface area contributed by atoms with Crippen molar-refractivity contribution in [1.29, 1.82) is 0 Å². The summed E-state index contributed by atoms with van der Waals surface area (Å²) < 4.78 is 0. The van der Waals surface area contributed by atoms with Gasteiger partial charge in [0.15, 0.2) is 0 Å². The van der Waals surface area contributed by atoms with Gasteiger partial charge in [-0.1, -0.05) is 0 Å². The quantitative estimate of drug-likeness (QED) is 0.304. The van der Waals surface area contributed by atoms with Gasteiger partial charge in [-0.05, 0) is 38.5 Å². The van der Waals surface area contributed by atoms with Crippen molar-refractivity contribution in [3.8, 4) is 0 Å². The Hall–Kier alpha value is -0.240. The smallest absolute Gasteiger partial charge is 0.00683 e. The van der Waals surface area contributed by atoms with E-state index < -0.39 is 0 Å². The summed E-state index contributed by atoms with van der Waals surface area (Å²) in [6.45, 7) is 0. The molecule has 0 atom stereocenters. The molecule has 12 N–H and O–H groups in total. The molecule has 108 valence electrons. The average molecular weight is 258 g/mol.